The normalized spacial score (nSPS) is 11.0. The molecule has 0 atom stereocenters. The van der Waals surface area contributed by atoms with Crippen molar-refractivity contribution in [1.29, 1.82) is 5.26 Å². The van der Waals surface area contributed by atoms with Crippen molar-refractivity contribution < 1.29 is 13.2 Å². The number of benzene rings is 2. The molecule has 0 aliphatic rings. The molecule has 0 radical (unpaired) electrons. The van der Waals surface area contributed by atoms with Crippen molar-refractivity contribution in [3.8, 4) is 17.5 Å². The van der Waals surface area contributed by atoms with Crippen LogP contribution in [-0.4, -0.2) is 34.9 Å². The summed E-state index contributed by atoms with van der Waals surface area (Å²) >= 11 is 0. The summed E-state index contributed by atoms with van der Waals surface area (Å²) in [6.45, 7) is 0.118. The summed E-state index contributed by atoms with van der Waals surface area (Å²) in [5.41, 5.74) is 1.17. The number of nitrogens with zero attached hydrogens (tertiary/aromatic N) is 5. The van der Waals surface area contributed by atoms with Crippen molar-refractivity contribution in [1.82, 2.24) is 20.2 Å². The van der Waals surface area contributed by atoms with Gasteiger partial charge in [0.1, 0.15) is 12.4 Å². The Labute approximate surface area is 144 Å². The Kier molecular flexibility index (Phi) is 4.45. The fourth-order valence-corrected chi connectivity index (χ4v) is 2.73. The van der Waals surface area contributed by atoms with Gasteiger partial charge in [0, 0.05) is 6.26 Å². The van der Waals surface area contributed by atoms with Crippen molar-refractivity contribution in [3.05, 3.63) is 59.9 Å². The van der Waals surface area contributed by atoms with E-state index in [9.17, 15) is 8.42 Å². The van der Waals surface area contributed by atoms with Crippen LogP contribution in [0.15, 0.2) is 53.4 Å². The van der Waals surface area contributed by atoms with Crippen molar-refractivity contribution in [2.45, 2.75) is 11.5 Å². The summed E-state index contributed by atoms with van der Waals surface area (Å²) in [5.74, 6) is 1.04. The smallest absolute Gasteiger partial charge is 0.194 e. The number of sulfone groups is 1. The molecular weight excluding hydrogens is 342 g/mol. The van der Waals surface area contributed by atoms with Crippen LogP contribution < -0.4 is 4.74 Å². The molecule has 1 aromatic heterocycles. The summed E-state index contributed by atoms with van der Waals surface area (Å²) in [6, 6.07) is 15.0. The molecule has 0 aliphatic carbocycles. The molecule has 126 valence electrons. The molecule has 3 rings (SSSR count). The van der Waals surface area contributed by atoms with Gasteiger partial charge in [-0.05, 0) is 59.0 Å². The SMILES string of the molecule is CS(=O)(=O)c1ccc(-n2nnnc2COc2ccc(C#N)cc2)cc1. The first-order chi connectivity index (χ1) is 12.0. The van der Waals surface area contributed by atoms with Crippen LogP contribution in [-0.2, 0) is 16.4 Å². The van der Waals surface area contributed by atoms with Gasteiger partial charge < -0.3 is 4.74 Å². The Morgan fingerprint density at radius 3 is 2.40 bits per heavy atom. The van der Waals surface area contributed by atoms with Crippen LogP contribution in [0.1, 0.15) is 11.4 Å². The lowest BCUT2D eigenvalue weighted by Gasteiger charge is -2.07. The minimum Gasteiger partial charge on any atom is -0.486 e. The molecule has 0 saturated carbocycles. The first-order valence-corrected chi connectivity index (χ1v) is 9.07. The summed E-state index contributed by atoms with van der Waals surface area (Å²) in [4.78, 5) is 0.222. The summed E-state index contributed by atoms with van der Waals surface area (Å²) in [5, 5.41) is 20.2. The highest BCUT2D eigenvalue weighted by Gasteiger charge is 2.11. The van der Waals surface area contributed by atoms with E-state index in [4.69, 9.17) is 10.00 Å². The lowest BCUT2D eigenvalue weighted by Crippen LogP contribution is -2.07. The average molecular weight is 355 g/mol. The van der Waals surface area contributed by atoms with Crippen LogP contribution in [0, 0.1) is 11.3 Å². The number of hydrogen-bond acceptors (Lipinski definition) is 7. The molecule has 0 saturated heterocycles. The van der Waals surface area contributed by atoms with Crippen LogP contribution in [0.2, 0.25) is 0 Å². The number of rotatable bonds is 5. The predicted molar refractivity (Wildman–Crippen MR) is 87.8 cm³/mol. The van der Waals surface area contributed by atoms with Crippen molar-refractivity contribution in [2.75, 3.05) is 6.26 Å². The molecule has 9 heteroatoms. The Balaban J connectivity index is 1.77. The third-order valence-corrected chi connectivity index (χ3v) is 4.52. The maximum atomic E-state index is 11.5. The van der Waals surface area contributed by atoms with E-state index in [-0.39, 0.29) is 11.5 Å². The van der Waals surface area contributed by atoms with Crippen molar-refractivity contribution >= 4 is 9.84 Å². The van der Waals surface area contributed by atoms with E-state index in [2.05, 4.69) is 15.5 Å². The quantitative estimate of drug-likeness (QED) is 0.682. The Morgan fingerprint density at radius 1 is 1.12 bits per heavy atom. The van der Waals surface area contributed by atoms with Gasteiger partial charge in [-0.3, -0.25) is 0 Å². The van der Waals surface area contributed by atoms with Gasteiger partial charge in [0.05, 0.1) is 22.2 Å². The zero-order chi connectivity index (χ0) is 17.9. The average Bonchev–Trinajstić information content (AvgIpc) is 3.08. The van der Waals surface area contributed by atoms with E-state index in [1.54, 1.807) is 36.4 Å². The van der Waals surface area contributed by atoms with Gasteiger partial charge in [-0.25, -0.2) is 8.42 Å². The summed E-state index contributed by atoms with van der Waals surface area (Å²) in [7, 11) is -3.26. The van der Waals surface area contributed by atoms with Crippen molar-refractivity contribution in [3.63, 3.8) is 0 Å². The van der Waals surface area contributed by atoms with Crippen molar-refractivity contribution in [2.24, 2.45) is 0 Å². The predicted octanol–water partition coefficient (Wildman–Crippen LogP) is 1.52. The minimum atomic E-state index is -3.26. The first-order valence-electron chi connectivity index (χ1n) is 7.18. The molecular formula is C16H13N5O3S. The monoisotopic (exact) mass is 355 g/mol. The Hall–Kier alpha value is -3.25. The standard InChI is InChI=1S/C16H13N5O3S/c1-25(22,23)15-8-4-13(5-9-15)21-16(18-19-20-21)11-24-14-6-2-12(10-17)3-7-14/h2-9H,11H2,1H3. The van der Waals surface area contributed by atoms with E-state index in [0.29, 0.717) is 22.8 Å². The van der Waals surface area contributed by atoms with E-state index in [0.717, 1.165) is 6.26 Å². The Bertz CT molecular complexity index is 1020. The first kappa shape index (κ1) is 16.6. The lowest BCUT2D eigenvalue weighted by molar-refractivity contribution is 0.292. The molecule has 1 heterocycles. The molecule has 0 aliphatic heterocycles. The maximum absolute atomic E-state index is 11.5. The largest absolute Gasteiger partial charge is 0.486 e. The zero-order valence-electron chi connectivity index (χ0n) is 13.2. The topological polar surface area (TPSA) is 111 Å². The highest BCUT2D eigenvalue weighted by molar-refractivity contribution is 7.90. The third kappa shape index (κ3) is 3.81. The third-order valence-electron chi connectivity index (χ3n) is 3.39. The van der Waals surface area contributed by atoms with Crippen LogP contribution in [0.5, 0.6) is 5.75 Å². The van der Waals surface area contributed by atoms with Gasteiger partial charge in [0.15, 0.2) is 15.7 Å². The van der Waals surface area contributed by atoms with E-state index in [1.807, 2.05) is 6.07 Å². The van der Waals surface area contributed by atoms with Crippen LogP contribution >= 0.6 is 0 Å². The summed E-state index contributed by atoms with van der Waals surface area (Å²) < 4.78 is 30.1. The van der Waals surface area contributed by atoms with Crippen LogP contribution in [0.4, 0.5) is 0 Å². The highest BCUT2D eigenvalue weighted by atomic mass is 32.2. The van der Waals surface area contributed by atoms with Gasteiger partial charge >= 0.3 is 0 Å². The molecule has 25 heavy (non-hydrogen) atoms. The fraction of sp³-hybridized carbons (Fsp3) is 0.125. The molecule has 0 fully saturated rings. The molecule has 0 bridgehead atoms. The number of tetrazole rings is 1. The minimum absolute atomic E-state index is 0.118. The van der Waals surface area contributed by atoms with Gasteiger partial charge in [-0.1, -0.05) is 0 Å². The second kappa shape index (κ2) is 6.70. The molecule has 8 nitrogen and oxygen atoms in total. The van der Waals surface area contributed by atoms with Gasteiger partial charge in [-0.2, -0.15) is 9.94 Å². The van der Waals surface area contributed by atoms with Crippen LogP contribution in [0.3, 0.4) is 0 Å². The fourth-order valence-electron chi connectivity index (χ4n) is 2.10. The Morgan fingerprint density at radius 2 is 1.80 bits per heavy atom. The van der Waals surface area contributed by atoms with Gasteiger partial charge in [0.25, 0.3) is 0 Å². The van der Waals surface area contributed by atoms with Gasteiger partial charge in [0.2, 0.25) is 0 Å². The van der Waals surface area contributed by atoms with E-state index in [1.165, 1.54) is 16.8 Å². The lowest BCUT2D eigenvalue weighted by atomic mass is 10.2. The second-order valence-corrected chi connectivity index (χ2v) is 7.21. The molecule has 0 N–H and O–H groups in total. The summed E-state index contributed by atoms with van der Waals surface area (Å²) in [6.07, 6.45) is 1.15. The number of nitriles is 1. The molecule has 2 aromatic carbocycles. The molecule has 3 aromatic rings. The zero-order valence-corrected chi connectivity index (χ0v) is 14.0. The van der Waals surface area contributed by atoms with E-state index < -0.39 is 9.84 Å². The van der Waals surface area contributed by atoms with E-state index >= 15 is 0 Å². The van der Waals surface area contributed by atoms with Crippen LogP contribution in [0.25, 0.3) is 5.69 Å². The number of hydrogen-bond donors (Lipinski definition) is 0. The van der Waals surface area contributed by atoms with Gasteiger partial charge in [-0.15, -0.1) is 5.10 Å². The molecule has 0 amide bonds. The highest BCUT2D eigenvalue weighted by Crippen LogP contribution is 2.16. The maximum Gasteiger partial charge on any atom is 0.194 e. The molecule has 0 unspecified atom stereocenters. The number of aromatic nitrogens is 4. The molecule has 0 spiro atoms. The second-order valence-electron chi connectivity index (χ2n) is 5.20. The number of ether oxygens (including phenoxy) is 1.